The van der Waals surface area contributed by atoms with Crippen LogP contribution in [-0.2, 0) is 11.2 Å². The lowest BCUT2D eigenvalue weighted by Crippen LogP contribution is -2.52. The number of anilines is 2. The van der Waals surface area contributed by atoms with Gasteiger partial charge >= 0.3 is 6.03 Å². The summed E-state index contributed by atoms with van der Waals surface area (Å²) in [6, 6.07) is 3.43. The zero-order valence-corrected chi connectivity index (χ0v) is 17.3. The maximum absolute atomic E-state index is 12.3. The number of carbonyl (C=O) groups excluding carboxylic acids is 2. The Hall–Kier alpha value is -1.99. The number of nitrogens with zero attached hydrogens (tertiary/aromatic N) is 2. The predicted molar refractivity (Wildman–Crippen MR) is 110 cm³/mol. The molecule has 1 fully saturated rings. The van der Waals surface area contributed by atoms with E-state index in [0.29, 0.717) is 17.9 Å². The van der Waals surface area contributed by atoms with Gasteiger partial charge in [0, 0.05) is 43.3 Å². The van der Waals surface area contributed by atoms with Crippen molar-refractivity contribution >= 4 is 34.9 Å². The van der Waals surface area contributed by atoms with Crippen LogP contribution in [0, 0.1) is 0 Å². The van der Waals surface area contributed by atoms with Crippen LogP contribution < -0.4 is 21.5 Å². The van der Waals surface area contributed by atoms with Gasteiger partial charge in [0.15, 0.2) is 0 Å². The molecule has 1 aromatic carbocycles. The first-order valence-electron chi connectivity index (χ1n) is 9.35. The molecule has 1 atom stereocenters. The van der Waals surface area contributed by atoms with Gasteiger partial charge in [-0.15, -0.1) is 0 Å². The number of nitrogens with two attached hydrogens (primary N) is 1. The molecule has 0 saturated carbocycles. The molecule has 4 N–H and O–H groups in total. The molecule has 1 aliphatic rings. The van der Waals surface area contributed by atoms with Crippen molar-refractivity contribution in [3.63, 3.8) is 0 Å². The molecule has 0 spiro atoms. The number of hydrogen-bond donors (Lipinski definition) is 3. The zero-order chi connectivity index (χ0) is 20.2. The summed E-state index contributed by atoms with van der Waals surface area (Å²) in [5.41, 5.74) is 5.29. The minimum absolute atomic E-state index is 0.211. The average molecular weight is 396 g/mol. The number of halogens is 1. The Balaban J connectivity index is 2.25. The fourth-order valence-corrected chi connectivity index (χ4v) is 4.05. The molecule has 8 heteroatoms. The molecular weight excluding hydrogens is 366 g/mol. The van der Waals surface area contributed by atoms with Crippen LogP contribution in [0.3, 0.4) is 0 Å². The highest BCUT2D eigenvalue weighted by Gasteiger charge is 2.39. The van der Waals surface area contributed by atoms with Crippen molar-refractivity contribution in [2.24, 2.45) is 5.84 Å². The largest absolute Gasteiger partial charge is 0.374 e. The van der Waals surface area contributed by atoms with Gasteiger partial charge in [0.25, 0.3) is 0 Å². The van der Waals surface area contributed by atoms with Crippen LogP contribution in [0.15, 0.2) is 12.1 Å². The number of hydrazine groups is 1. The van der Waals surface area contributed by atoms with Crippen molar-refractivity contribution in [3.8, 4) is 0 Å². The van der Waals surface area contributed by atoms with E-state index in [0.717, 1.165) is 42.7 Å². The monoisotopic (exact) mass is 395 g/mol. The van der Waals surface area contributed by atoms with E-state index in [-0.39, 0.29) is 17.5 Å². The van der Waals surface area contributed by atoms with Gasteiger partial charge < -0.3 is 15.2 Å². The Kier molecular flexibility index (Phi) is 6.95. The van der Waals surface area contributed by atoms with Crippen LogP contribution in [0.1, 0.15) is 45.1 Å². The van der Waals surface area contributed by atoms with E-state index in [1.807, 2.05) is 19.2 Å². The van der Waals surface area contributed by atoms with Crippen LogP contribution in [0.25, 0.3) is 0 Å². The van der Waals surface area contributed by atoms with Crippen LogP contribution >= 0.6 is 11.6 Å². The van der Waals surface area contributed by atoms with Crippen LogP contribution in [-0.4, -0.2) is 43.0 Å². The summed E-state index contributed by atoms with van der Waals surface area (Å²) in [5.74, 6) is 5.44. The van der Waals surface area contributed by atoms with Gasteiger partial charge in [-0.3, -0.25) is 16.0 Å². The highest BCUT2D eigenvalue weighted by Crippen LogP contribution is 2.34. The Morgan fingerprint density at radius 3 is 2.67 bits per heavy atom. The number of rotatable bonds is 7. The highest BCUT2D eigenvalue weighted by molar-refractivity contribution is 6.31. The molecule has 1 aromatic rings. The number of hydrogen-bond acceptors (Lipinski definition) is 5. The molecule has 7 nitrogen and oxygen atoms in total. The molecule has 150 valence electrons. The minimum Gasteiger partial charge on any atom is -0.374 e. The molecule has 0 radical (unpaired) electrons. The first-order valence-corrected chi connectivity index (χ1v) is 9.73. The zero-order valence-electron chi connectivity index (χ0n) is 16.6. The van der Waals surface area contributed by atoms with Crippen LogP contribution in [0.4, 0.5) is 16.2 Å². The highest BCUT2D eigenvalue weighted by atomic mass is 35.5. The van der Waals surface area contributed by atoms with E-state index in [9.17, 15) is 9.59 Å². The quantitative estimate of drug-likeness (QED) is 0.487. The Morgan fingerprint density at radius 1 is 1.37 bits per heavy atom. The molecule has 3 amide bonds. The second kappa shape index (κ2) is 8.80. The summed E-state index contributed by atoms with van der Waals surface area (Å²) in [4.78, 5) is 27.9. The Labute approximate surface area is 166 Å². The predicted octanol–water partition coefficient (Wildman–Crippen LogP) is 3.12. The van der Waals surface area contributed by atoms with Gasteiger partial charge in [0.2, 0.25) is 5.91 Å². The number of benzene rings is 1. The average Bonchev–Trinajstić information content (AvgIpc) is 2.76. The fraction of sp³-hybridized carbons (Fsp3) is 0.579. The van der Waals surface area contributed by atoms with E-state index in [1.54, 1.807) is 11.9 Å². The number of urea groups is 1. The third kappa shape index (κ3) is 4.47. The third-order valence-corrected chi connectivity index (χ3v) is 5.98. The summed E-state index contributed by atoms with van der Waals surface area (Å²) in [6.45, 7) is 4.86. The summed E-state index contributed by atoms with van der Waals surface area (Å²) in [6.07, 6.45) is 3.34. The smallest absolute Gasteiger partial charge is 0.324 e. The van der Waals surface area contributed by atoms with Crippen molar-refractivity contribution in [1.82, 2.24) is 10.2 Å². The Morgan fingerprint density at radius 2 is 2.07 bits per heavy atom. The maximum Gasteiger partial charge on any atom is 0.324 e. The molecule has 0 bridgehead atoms. The lowest BCUT2D eigenvalue weighted by Gasteiger charge is -2.41. The first kappa shape index (κ1) is 21.3. The van der Waals surface area contributed by atoms with Gasteiger partial charge in [-0.05, 0) is 43.4 Å². The van der Waals surface area contributed by atoms with E-state index in [1.165, 1.54) is 0 Å². The van der Waals surface area contributed by atoms with E-state index >= 15 is 0 Å². The van der Waals surface area contributed by atoms with E-state index < -0.39 is 0 Å². The van der Waals surface area contributed by atoms with Gasteiger partial charge in [0.05, 0.1) is 5.69 Å². The molecule has 1 aliphatic heterocycles. The van der Waals surface area contributed by atoms with Gasteiger partial charge in [0.1, 0.15) is 0 Å². The molecule has 2 rings (SSSR count). The van der Waals surface area contributed by atoms with Crippen LogP contribution in [0.2, 0.25) is 5.02 Å². The normalized spacial score (nSPS) is 20.3. The lowest BCUT2D eigenvalue weighted by atomic mass is 9.85. The molecular formula is C19H30ClN5O2. The van der Waals surface area contributed by atoms with Crippen molar-refractivity contribution in [2.75, 3.05) is 31.0 Å². The first-order chi connectivity index (χ1) is 12.8. The second-order valence-electron chi connectivity index (χ2n) is 7.11. The van der Waals surface area contributed by atoms with Crippen LogP contribution in [0.5, 0.6) is 0 Å². The molecule has 0 aromatic heterocycles. The van der Waals surface area contributed by atoms with Crippen molar-refractivity contribution in [2.45, 2.75) is 51.5 Å². The summed E-state index contributed by atoms with van der Waals surface area (Å²) in [5, 5.41) is 3.05. The fourth-order valence-electron chi connectivity index (χ4n) is 3.84. The summed E-state index contributed by atoms with van der Waals surface area (Å²) >= 11 is 6.26. The second-order valence-corrected chi connectivity index (χ2v) is 7.55. The third-order valence-electron chi connectivity index (χ3n) is 5.76. The maximum atomic E-state index is 12.3. The molecule has 1 heterocycles. The van der Waals surface area contributed by atoms with Gasteiger partial charge in [-0.1, -0.05) is 25.4 Å². The summed E-state index contributed by atoms with van der Waals surface area (Å²) in [7, 11) is 3.78. The SMILES string of the molecule is CCc1c(NN)cc(Cl)cc1N(C)CCC1(CC)CCC(=O)NC(=O)N1C. The number of imide groups is 1. The summed E-state index contributed by atoms with van der Waals surface area (Å²) < 4.78 is 0. The standard InChI is InChI=1S/C19H30ClN5O2/c1-5-14-15(23-21)11-13(20)12-16(14)24(3)10-9-19(6-2)8-7-17(26)22-18(27)25(19)4/h11-12,23H,5-10,21H2,1-4H3,(H,22,26,27). The minimum atomic E-state index is -0.357. The van der Waals surface area contributed by atoms with Crippen molar-refractivity contribution < 1.29 is 9.59 Å². The van der Waals surface area contributed by atoms with E-state index in [2.05, 4.69) is 29.5 Å². The van der Waals surface area contributed by atoms with E-state index in [4.69, 9.17) is 17.4 Å². The molecule has 1 unspecified atom stereocenters. The van der Waals surface area contributed by atoms with Crippen molar-refractivity contribution in [1.29, 1.82) is 0 Å². The Bertz CT molecular complexity index is 712. The lowest BCUT2D eigenvalue weighted by molar-refractivity contribution is -0.120. The number of nitrogen functional groups attached to an aromatic ring is 1. The number of carbonyl (C=O) groups is 2. The van der Waals surface area contributed by atoms with Crippen molar-refractivity contribution in [3.05, 3.63) is 22.7 Å². The number of amides is 3. The number of nitrogens with one attached hydrogen (secondary N) is 2. The molecule has 27 heavy (non-hydrogen) atoms. The molecule has 0 aliphatic carbocycles. The van der Waals surface area contributed by atoms with Gasteiger partial charge in [-0.25, -0.2) is 4.79 Å². The van der Waals surface area contributed by atoms with Gasteiger partial charge in [-0.2, -0.15) is 0 Å². The topological polar surface area (TPSA) is 90.7 Å². The molecule has 1 saturated heterocycles.